The number of benzene rings is 3. The summed E-state index contributed by atoms with van der Waals surface area (Å²) in [6.07, 6.45) is 1.27. The lowest BCUT2D eigenvalue weighted by molar-refractivity contribution is -0.119. The minimum atomic E-state index is -4.12. The molecule has 32 heavy (non-hydrogen) atoms. The van der Waals surface area contributed by atoms with Gasteiger partial charge in [0.2, 0.25) is 0 Å². The summed E-state index contributed by atoms with van der Waals surface area (Å²) in [4.78, 5) is 12.6. The van der Waals surface area contributed by atoms with Crippen LogP contribution in [-0.2, 0) is 14.8 Å². The van der Waals surface area contributed by atoms with Crippen LogP contribution < -0.4 is 9.73 Å². The van der Waals surface area contributed by atoms with Gasteiger partial charge in [0.1, 0.15) is 6.54 Å². The van der Waals surface area contributed by atoms with E-state index < -0.39 is 22.5 Å². The zero-order valence-electron chi connectivity index (χ0n) is 16.2. The van der Waals surface area contributed by atoms with Gasteiger partial charge in [-0.3, -0.25) is 9.10 Å². The smallest absolute Gasteiger partial charge is 0.264 e. The normalized spacial score (nSPS) is 11.5. The lowest BCUT2D eigenvalue weighted by Gasteiger charge is -2.24. The molecule has 11 heteroatoms. The van der Waals surface area contributed by atoms with Crippen molar-refractivity contribution >= 4 is 74.2 Å². The minimum Gasteiger partial charge on any atom is -0.271 e. The van der Waals surface area contributed by atoms with Crippen molar-refractivity contribution in [2.75, 3.05) is 10.8 Å². The number of amides is 1. The zero-order valence-corrected chi connectivity index (χ0v) is 20.0. The average Bonchev–Trinajstić information content (AvgIpc) is 2.75. The molecule has 0 radical (unpaired) electrons. The Labute approximate surface area is 205 Å². The molecule has 0 atom stereocenters. The van der Waals surface area contributed by atoms with Gasteiger partial charge in [-0.1, -0.05) is 70.7 Å². The molecule has 3 aromatic carbocycles. The first kappa shape index (κ1) is 24.4. The van der Waals surface area contributed by atoms with Crippen molar-refractivity contribution in [3.8, 4) is 0 Å². The molecule has 0 fully saturated rings. The Morgan fingerprint density at radius 3 is 2.19 bits per heavy atom. The number of sulfonamides is 1. The number of hydrogen-bond acceptors (Lipinski definition) is 4. The summed E-state index contributed by atoms with van der Waals surface area (Å²) < 4.78 is 27.4. The lowest BCUT2D eigenvalue weighted by atomic mass is 10.2. The Kier molecular flexibility index (Phi) is 8.03. The van der Waals surface area contributed by atoms with Crippen LogP contribution in [-0.4, -0.2) is 27.1 Å². The second kappa shape index (κ2) is 10.6. The molecule has 1 N–H and O–H groups in total. The van der Waals surface area contributed by atoms with Crippen molar-refractivity contribution in [2.24, 2.45) is 5.10 Å². The molecule has 1 amide bonds. The highest BCUT2D eigenvalue weighted by Crippen LogP contribution is 2.32. The van der Waals surface area contributed by atoms with E-state index in [0.29, 0.717) is 20.6 Å². The molecule has 0 saturated carbocycles. The molecule has 0 unspecified atom stereocenters. The molecule has 0 aliphatic carbocycles. The van der Waals surface area contributed by atoms with Crippen LogP contribution in [0.1, 0.15) is 5.56 Å². The van der Waals surface area contributed by atoms with Crippen LogP contribution in [0.3, 0.4) is 0 Å². The number of rotatable bonds is 7. The fraction of sp³-hybridized carbons (Fsp3) is 0.0476. The molecular weight excluding hydrogens is 516 g/mol. The van der Waals surface area contributed by atoms with E-state index in [1.165, 1.54) is 36.5 Å². The van der Waals surface area contributed by atoms with Crippen LogP contribution in [0.5, 0.6) is 0 Å². The molecule has 6 nitrogen and oxygen atoms in total. The SMILES string of the molecule is O=C(CN(c1ccc(Cl)cc1Cl)S(=O)(=O)c1ccccc1)N/N=C\c1c(Cl)cccc1Cl. The number of anilines is 1. The van der Waals surface area contributed by atoms with Gasteiger partial charge in [-0.2, -0.15) is 5.10 Å². The predicted molar refractivity (Wildman–Crippen MR) is 130 cm³/mol. The highest BCUT2D eigenvalue weighted by Gasteiger charge is 2.28. The van der Waals surface area contributed by atoms with Gasteiger partial charge < -0.3 is 0 Å². The summed E-state index contributed by atoms with van der Waals surface area (Å²) in [5, 5.41) is 4.91. The van der Waals surface area contributed by atoms with Gasteiger partial charge in [-0.05, 0) is 42.5 Å². The van der Waals surface area contributed by atoms with Crippen molar-refractivity contribution in [1.82, 2.24) is 5.43 Å². The minimum absolute atomic E-state index is 0.00910. The summed E-state index contributed by atoms with van der Waals surface area (Å²) >= 11 is 24.3. The highest BCUT2D eigenvalue weighted by molar-refractivity contribution is 7.92. The van der Waals surface area contributed by atoms with Gasteiger partial charge in [0, 0.05) is 10.6 Å². The number of carbonyl (C=O) groups is 1. The van der Waals surface area contributed by atoms with Gasteiger partial charge in [0.15, 0.2) is 0 Å². The summed E-state index contributed by atoms with van der Waals surface area (Å²) in [6.45, 7) is -0.591. The van der Waals surface area contributed by atoms with Crippen LogP contribution in [0, 0.1) is 0 Å². The summed E-state index contributed by atoms with van der Waals surface area (Å²) in [7, 11) is -4.12. The Morgan fingerprint density at radius 2 is 1.56 bits per heavy atom. The summed E-state index contributed by atoms with van der Waals surface area (Å²) in [5.41, 5.74) is 2.78. The molecular formula is C21H15Cl4N3O3S. The largest absolute Gasteiger partial charge is 0.271 e. The second-order valence-corrected chi connectivity index (χ2v) is 9.87. The molecule has 0 aliphatic rings. The molecule has 166 valence electrons. The van der Waals surface area contributed by atoms with Crippen LogP contribution >= 0.6 is 46.4 Å². The van der Waals surface area contributed by atoms with Gasteiger partial charge in [-0.25, -0.2) is 13.8 Å². The Morgan fingerprint density at radius 1 is 0.906 bits per heavy atom. The molecule has 3 aromatic rings. The van der Waals surface area contributed by atoms with Gasteiger partial charge in [0.05, 0.1) is 31.9 Å². The Bertz CT molecular complexity index is 1250. The first-order chi connectivity index (χ1) is 15.2. The maximum absolute atomic E-state index is 13.3. The number of halogens is 4. The van der Waals surface area contributed by atoms with Crippen LogP contribution in [0.4, 0.5) is 5.69 Å². The van der Waals surface area contributed by atoms with Gasteiger partial charge in [-0.15, -0.1) is 0 Å². The van der Waals surface area contributed by atoms with Crippen molar-refractivity contribution in [1.29, 1.82) is 0 Å². The van der Waals surface area contributed by atoms with E-state index in [0.717, 1.165) is 4.31 Å². The Balaban J connectivity index is 1.89. The van der Waals surface area contributed by atoms with Crippen LogP contribution in [0.25, 0.3) is 0 Å². The second-order valence-electron chi connectivity index (χ2n) is 6.35. The third-order valence-corrected chi connectivity index (χ3v) is 7.15. The fourth-order valence-corrected chi connectivity index (χ4v) is 5.19. The molecule has 3 rings (SSSR count). The topological polar surface area (TPSA) is 78.8 Å². The van der Waals surface area contributed by atoms with E-state index in [9.17, 15) is 13.2 Å². The van der Waals surface area contributed by atoms with Crippen LogP contribution in [0.2, 0.25) is 20.1 Å². The van der Waals surface area contributed by atoms with Crippen molar-refractivity contribution < 1.29 is 13.2 Å². The highest BCUT2D eigenvalue weighted by atomic mass is 35.5. The van der Waals surface area contributed by atoms with Gasteiger partial charge in [0.25, 0.3) is 15.9 Å². The number of carbonyl (C=O) groups excluding carboxylic acids is 1. The van der Waals surface area contributed by atoms with Crippen LogP contribution in [0.15, 0.2) is 76.7 Å². The van der Waals surface area contributed by atoms with Crippen molar-refractivity contribution in [2.45, 2.75) is 4.90 Å². The monoisotopic (exact) mass is 529 g/mol. The summed E-state index contributed by atoms with van der Waals surface area (Å²) in [5.74, 6) is -0.713. The van der Waals surface area contributed by atoms with E-state index in [1.807, 2.05) is 0 Å². The molecule has 0 heterocycles. The number of nitrogens with zero attached hydrogens (tertiary/aromatic N) is 2. The standard InChI is InChI=1S/C21H15Cl4N3O3S/c22-14-9-10-20(19(25)11-14)28(32(30,31)15-5-2-1-3-6-15)13-21(29)27-26-12-16-17(23)7-4-8-18(16)24/h1-12H,13H2,(H,27,29)/b26-12-. The maximum Gasteiger partial charge on any atom is 0.264 e. The first-order valence-corrected chi connectivity index (χ1v) is 11.9. The van der Waals surface area contributed by atoms with E-state index >= 15 is 0 Å². The lowest BCUT2D eigenvalue weighted by Crippen LogP contribution is -2.39. The van der Waals surface area contributed by atoms with E-state index in [2.05, 4.69) is 10.5 Å². The third kappa shape index (κ3) is 5.74. The number of hydrogen-bond donors (Lipinski definition) is 1. The molecule has 0 aromatic heterocycles. The molecule has 0 saturated heterocycles. The predicted octanol–water partition coefficient (Wildman–Crippen LogP) is 5.65. The average molecular weight is 531 g/mol. The first-order valence-electron chi connectivity index (χ1n) is 8.99. The van der Waals surface area contributed by atoms with Gasteiger partial charge >= 0.3 is 0 Å². The van der Waals surface area contributed by atoms with E-state index in [4.69, 9.17) is 46.4 Å². The molecule has 0 spiro atoms. The molecule has 0 bridgehead atoms. The number of hydrazone groups is 1. The molecule has 0 aliphatic heterocycles. The summed E-state index contributed by atoms with van der Waals surface area (Å²) in [6, 6.07) is 16.9. The van der Waals surface area contributed by atoms with Crippen molar-refractivity contribution in [3.63, 3.8) is 0 Å². The maximum atomic E-state index is 13.3. The fourth-order valence-electron chi connectivity index (χ4n) is 2.67. The Hall–Kier alpha value is -2.29. The number of nitrogens with one attached hydrogen (secondary N) is 1. The third-order valence-electron chi connectivity index (χ3n) is 4.18. The quantitative estimate of drug-likeness (QED) is 0.317. The van der Waals surface area contributed by atoms with Crippen molar-refractivity contribution in [3.05, 3.63) is 92.4 Å². The van der Waals surface area contributed by atoms with E-state index in [-0.39, 0.29) is 15.6 Å². The zero-order chi connectivity index (χ0) is 23.3. The van der Waals surface area contributed by atoms with E-state index in [1.54, 1.807) is 36.4 Å².